The van der Waals surface area contributed by atoms with Crippen LogP contribution in [0.1, 0.15) is 22.4 Å². The third kappa shape index (κ3) is 2.84. The largest absolute Gasteiger partial charge is 0.487 e. The summed E-state index contributed by atoms with van der Waals surface area (Å²) in [7, 11) is 0. The first-order chi connectivity index (χ1) is 8.99. The van der Waals surface area contributed by atoms with E-state index in [2.05, 4.69) is 4.98 Å². The summed E-state index contributed by atoms with van der Waals surface area (Å²) in [5.74, 6) is 0.217. The van der Waals surface area contributed by atoms with Gasteiger partial charge in [-0.25, -0.2) is 4.39 Å². The van der Waals surface area contributed by atoms with Crippen LogP contribution in [0.3, 0.4) is 0 Å². The second kappa shape index (κ2) is 5.26. The summed E-state index contributed by atoms with van der Waals surface area (Å²) in [6, 6.07) is 4.48. The number of nitrogens with two attached hydrogens (primary N) is 1. The Morgan fingerprint density at radius 3 is 2.68 bits per heavy atom. The van der Waals surface area contributed by atoms with Gasteiger partial charge in [-0.1, -0.05) is 6.07 Å². The van der Waals surface area contributed by atoms with Gasteiger partial charge < -0.3 is 10.5 Å². The van der Waals surface area contributed by atoms with Crippen molar-refractivity contribution in [3.05, 3.63) is 52.6 Å². The van der Waals surface area contributed by atoms with Crippen LogP contribution in [-0.2, 0) is 6.61 Å². The fourth-order valence-electron chi connectivity index (χ4n) is 1.81. The number of hydrogen-bond donors (Lipinski definition) is 1. The van der Waals surface area contributed by atoms with Gasteiger partial charge in [0.15, 0.2) is 0 Å². The molecule has 2 rings (SSSR count). The van der Waals surface area contributed by atoms with Crippen LogP contribution >= 0.6 is 0 Å². The first-order valence-corrected chi connectivity index (χ1v) is 6.08. The number of anilines is 1. The van der Waals surface area contributed by atoms with Crippen LogP contribution in [0.4, 0.5) is 10.1 Å². The van der Waals surface area contributed by atoms with E-state index in [1.807, 2.05) is 20.8 Å². The van der Waals surface area contributed by atoms with Gasteiger partial charge in [0.05, 0.1) is 5.69 Å². The molecular weight excluding hydrogens is 243 g/mol. The molecule has 0 radical (unpaired) electrons. The number of pyridine rings is 1. The summed E-state index contributed by atoms with van der Waals surface area (Å²) in [5, 5.41) is 0. The zero-order valence-corrected chi connectivity index (χ0v) is 11.3. The zero-order chi connectivity index (χ0) is 14.0. The van der Waals surface area contributed by atoms with Gasteiger partial charge in [0.2, 0.25) is 0 Å². The van der Waals surface area contributed by atoms with E-state index in [9.17, 15) is 4.39 Å². The van der Waals surface area contributed by atoms with Crippen LogP contribution in [0, 0.1) is 26.6 Å². The van der Waals surface area contributed by atoms with E-state index in [4.69, 9.17) is 10.5 Å². The third-order valence-electron chi connectivity index (χ3n) is 3.19. The van der Waals surface area contributed by atoms with E-state index in [1.54, 1.807) is 12.3 Å². The molecule has 0 saturated carbocycles. The molecule has 100 valence electrons. The van der Waals surface area contributed by atoms with E-state index < -0.39 is 0 Å². The lowest BCUT2D eigenvalue weighted by Crippen LogP contribution is -2.05. The average Bonchev–Trinajstić information content (AvgIpc) is 2.39. The molecule has 0 unspecified atom stereocenters. The Bertz CT molecular complexity index is 611. The Labute approximate surface area is 112 Å². The summed E-state index contributed by atoms with van der Waals surface area (Å²) in [4.78, 5) is 4.31. The van der Waals surface area contributed by atoms with Gasteiger partial charge in [-0.3, -0.25) is 4.98 Å². The molecule has 0 amide bonds. The van der Waals surface area contributed by atoms with Gasteiger partial charge >= 0.3 is 0 Å². The summed E-state index contributed by atoms with van der Waals surface area (Å²) >= 11 is 0. The molecule has 0 aliphatic heterocycles. The molecule has 0 saturated heterocycles. The van der Waals surface area contributed by atoms with Crippen molar-refractivity contribution in [3.8, 4) is 5.75 Å². The predicted molar refractivity (Wildman–Crippen MR) is 73.6 cm³/mol. The number of halogens is 1. The highest BCUT2D eigenvalue weighted by atomic mass is 19.1. The highest BCUT2D eigenvalue weighted by Crippen LogP contribution is 2.22. The Kier molecular flexibility index (Phi) is 3.69. The Hall–Kier alpha value is -2.10. The molecule has 3 nitrogen and oxygen atoms in total. The quantitative estimate of drug-likeness (QED) is 0.921. The highest BCUT2D eigenvalue weighted by molar-refractivity contribution is 5.53. The molecular formula is C15H17FN2O. The normalized spacial score (nSPS) is 10.5. The van der Waals surface area contributed by atoms with Crippen molar-refractivity contribution in [1.82, 2.24) is 4.98 Å². The van der Waals surface area contributed by atoms with Crippen molar-refractivity contribution in [2.75, 3.05) is 5.73 Å². The van der Waals surface area contributed by atoms with Crippen molar-refractivity contribution >= 4 is 5.69 Å². The molecule has 0 aliphatic carbocycles. The van der Waals surface area contributed by atoms with Gasteiger partial charge in [0.25, 0.3) is 0 Å². The fraction of sp³-hybridized carbons (Fsp3) is 0.267. The highest BCUT2D eigenvalue weighted by Gasteiger charge is 2.08. The van der Waals surface area contributed by atoms with E-state index in [1.165, 1.54) is 12.1 Å². The first kappa shape index (κ1) is 13.3. The molecule has 0 atom stereocenters. The van der Waals surface area contributed by atoms with Crippen LogP contribution in [0.2, 0.25) is 0 Å². The zero-order valence-electron chi connectivity index (χ0n) is 11.3. The topological polar surface area (TPSA) is 48.1 Å². The maximum absolute atomic E-state index is 13.2. The molecule has 0 aliphatic rings. The lowest BCUT2D eigenvalue weighted by Gasteiger charge is -2.12. The number of ether oxygens (including phenoxy) is 1. The summed E-state index contributed by atoms with van der Waals surface area (Å²) in [5.41, 5.74) is 10.2. The molecule has 1 aromatic heterocycles. The van der Waals surface area contributed by atoms with E-state index in [0.29, 0.717) is 5.75 Å². The van der Waals surface area contributed by atoms with E-state index >= 15 is 0 Å². The number of benzene rings is 1. The molecule has 0 bridgehead atoms. The van der Waals surface area contributed by atoms with E-state index in [-0.39, 0.29) is 12.4 Å². The Morgan fingerprint density at radius 1 is 1.21 bits per heavy atom. The predicted octanol–water partition coefficient (Wildman–Crippen LogP) is 3.31. The number of nitrogen functional groups attached to an aromatic ring is 1. The lowest BCUT2D eigenvalue weighted by molar-refractivity contribution is 0.297. The van der Waals surface area contributed by atoms with Crippen molar-refractivity contribution < 1.29 is 9.13 Å². The minimum atomic E-state index is -0.311. The summed E-state index contributed by atoms with van der Waals surface area (Å²) in [6.07, 6.45) is 1.72. The second-order valence-corrected chi connectivity index (χ2v) is 4.63. The third-order valence-corrected chi connectivity index (χ3v) is 3.19. The van der Waals surface area contributed by atoms with Crippen LogP contribution < -0.4 is 10.5 Å². The van der Waals surface area contributed by atoms with Gasteiger partial charge in [-0.2, -0.15) is 0 Å². The lowest BCUT2D eigenvalue weighted by atomic mass is 10.1. The molecule has 4 heteroatoms. The molecule has 0 fully saturated rings. The minimum Gasteiger partial charge on any atom is -0.487 e. The molecule has 1 heterocycles. The minimum absolute atomic E-state index is 0.278. The number of hydrogen-bond acceptors (Lipinski definition) is 3. The van der Waals surface area contributed by atoms with Crippen molar-refractivity contribution in [1.29, 1.82) is 0 Å². The van der Waals surface area contributed by atoms with Crippen molar-refractivity contribution in [3.63, 3.8) is 0 Å². The van der Waals surface area contributed by atoms with Crippen molar-refractivity contribution in [2.45, 2.75) is 27.4 Å². The Balaban J connectivity index is 2.19. The van der Waals surface area contributed by atoms with Crippen LogP contribution in [0.25, 0.3) is 0 Å². The van der Waals surface area contributed by atoms with E-state index in [0.717, 1.165) is 28.1 Å². The standard InChI is InChI=1S/C15H17FN2O/c1-9-4-5-12(16)6-14(9)19-8-13-11(3)15(17)10(2)7-18-13/h4-7H,8H2,1-3H3,(H2,17,18). The number of rotatable bonds is 3. The second-order valence-electron chi connectivity index (χ2n) is 4.63. The summed E-state index contributed by atoms with van der Waals surface area (Å²) < 4.78 is 18.8. The molecule has 0 spiro atoms. The molecule has 2 N–H and O–H groups in total. The summed E-state index contributed by atoms with van der Waals surface area (Å²) in [6.45, 7) is 5.97. The maximum atomic E-state index is 13.2. The molecule has 19 heavy (non-hydrogen) atoms. The van der Waals surface area contributed by atoms with Gasteiger partial charge in [-0.15, -0.1) is 0 Å². The average molecular weight is 260 g/mol. The number of aromatic nitrogens is 1. The SMILES string of the molecule is Cc1ccc(F)cc1OCc1ncc(C)c(N)c1C. The fourth-order valence-corrected chi connectivity index (χ4v) is 1.81. The smallest absolute Gasteiger partial charge is 0.131 e. The van der Waals surface area contributed by atoms with Crippen LogP contribution in [-0.4, -0.2) is 4.98 Å². The molecule has 1 aromatic carbocycles. The van der Waals surface area contributed by atoms with Gasteiger partial charge in [0, 0.05) is 18.0 Å². The van der Waals surface area contributed by atoms with Crippen LogP contribution in [0.5, 0.6) is 5.75 Å². The first-order valence-electron chi connectivity index (χ1n) is 6.08. The van der Waals surface area contributed by atoms with Crippen LogP contribution in [0.15, 0.2) is 24.4 Å². The van der Waals surface area contributed by atoms with Gasteiger partial charge in [-0.05, 0) is 43.5 Å². The Morgan fingerprint density at radius 2 is 1.95 bits per heavy atom. The van der Waals surface area contributed by atoms with Gasteiger partial charge in [0.1, 0.15) is 18.2 Å². The number of nitrogens with zero attached hydrogens (tertiary/aromatic N) is 1. The monoisotopic (exact) mass is 260 g/mol. The maximum Gasteiger partial charge on any atom is 0.131 e. The van der Waals surface area contributed by atoms with Crippen molar-refractivity contribution in [2.24, 2.45) is 0 Å². The number of aryl methyl sites for hydroxylation is 2. The molecule has 2 aromatic rings.